The molecule has 0 saturated heterocycles. The molecule has 4 nitrogen and oxygen atoms in total. The summed E-state index contributed by atoms with van der Waals surface area (Å²) in [7, 11) is 0. The topological polar surface area (TPSA) is 58.2 Å². The fraction of sp³-hybridized carbons (Fsp3) is 0.0667. The maximum absolute atomic E-state index is 12.7. The van der Waals surface area contributed by atoms with Crippen molar-refractivity contribution in [3.05, 3.63) is 66.0 Å². The van der Waals surface area contributed by atoms with Crippen molar-refractivity contribution in [3.63, 3.8) is 0 Å². The molecule has 20 heavy (non-hydrogen) atoms. The van der Waals surface area contributed by atoms with Gasteiger partial charge >= 0.3 is 6.03 Å². The first-order valence-corrected chi connectivity index (χ1v) is 6.04. The van der Waals surface area contributed by atoms with Crippen LogP contribution in [0.25, 0.3) is 0 Å². The van der Waals surface area contributed by atoms with Gasteiger partial charge in [0.1, 0.15) is 5.82 Å². The molecule has 0 radical (unpaired) electrons. The molecule has 5 heteroatoms. The summed E-state index contributed by atoms with van der Waals surface area (Å²) < 4.78 is 12.7. The molecule has 0 aliphatic carbocycles. The van der Waals surface area contributed by atoms with Gasteiger partial charge in [-0.3, -0.25) is 4.79 Å². The summed E-state index contributed by atoms with van der Waals surface area (Å²) in [4.78, 5) is 23.3. The van der Waals surface area contributed by atoms with Crippen molar-refractivity contribution in [2.75, 3.05) is 11.9 Å². The monoisotopic (exact) mass is 272 g/mol. The molecular weight excluding hydrogens is 259 g/mol. The van der Waals surface area contributed by atoms with Gasteiger partial charge in [-0.15, -0.1) is 0 Å². The van der Waals surface area contributed by atoms with Gasteiger partial charge in [-0.1, -0.05) is 30.3 Å². The fourth-order valence-corrected chi connectivity index (χ4v) is 1.60. The number of carbonyl (C=O) groups is 2. The van der Waals surface area contributed by atoms with Crippen molar-refractivity contribution < 1.29 is 14.0 Å². The third-order valence-electron chi connectivity index (χ3n) is 2.61. The predicted octanol–water partition coefficient (Wildman–Crippen LogP) is 2.83. The first-order valence-electron chi connectivity index (χ1n) is 6.04. The lowest BCUT2D eigenvalue weighted by Gasteiger charge is -2.07. The van der Waals surface area contributed by atoms with Gasteiger partial charge in [0.15, 0.2) is 5.78 Å². The lowest BCUT2D eigenvalue weighted by molar-refractivity contribution is 0.0993. The maximum Gasteiger partial charge on any atom is 0.319 e. The quantitative estimate of drug-likeness (QED) is 0.841. The van der Waals surface area contributed by atoms with Gasteiger partial charge in [0, 0.05) is 11.3 Å². The van der Waals surface area contributed by atoms with Gasteiger partial charge in [0.25, 0.3) is 0 Å². The Bertz CT molecular complexity index is 597. The van der Waals surface area contributed by atoms with Crippen molar-refractivity contribution in [3.8, 4) is 0 Å². The predicted molar refractivity (Wildman–Crippen MR) is 74.2 cm³/mol. The van der Waals surface area contributed by atoms with Crippen LogP contribution in [-0.2, 0) is 0 Å². The Balaban J connectivity index is 1.83. The third-order valence-corrected chi connectivity index (χ3v) is 2.61. The Morgan fingerprint density at radius 2 is 1.60 bits per heavy atom. The molecule has 0 aromatic heterocycles. The normalized spacial score (nSPS) is 9.85. The summed E-state index contributed by atoms with van der Waals surface area (Å²) in [6.07, 6.45) is 0. The second-order valence-corrected chi connectivity index (χ2v) is 4.10. The molecule has 2 aromatic carbocycles. The smallest absolute Gasteiger partial charge is 0.319 e. The molecule has 0 heterocycles. The minimum Gasteiger partial charge on any atom is -0.330 e. The highest BCUT2D eigenvalue weighted by Gasteiger charge is 2.07. The molecule has 2 rings (SSSR count). The van der Waals surface area contributed by atoms with Crippen molar-refractivity contribution in [2.24, 2.45) is 0 Å². The number of nitrogens with one attached hydrogen (secondary N) is 2. The summed E-state index contributed by atoms with van der Waals surface area (Å²) in [5, 5.41) is 4.96. The molecule has 0 bridgehead atoms. The molecule has 0 spiro atoms. The number of hydrogen-bond donors (Lipinski definition) is 2. The van der Waals surface area contributed by atoms with Crippen LogP contribution in [-0.4, -0.2) is 18.4 Å². The van der Waals surface area contributed by atoms with E-state index in [1.165, 1.54) is 24.3 Å². The number of anilines is 1. The number of amides is 2. The summed E-state index contributed by atoms with van der Waals surface area (Å²) in [5.74, 6) is -0.560. The second-order valence-electron chi connectivity index (χ2n) is 4.10. The van der Waals surface area contributed by atoms with Gasteiger partial charge in [0.2, 0.25) is 0 Å². The Morgan fingerprint density at radius 3 is 2.25 bits per heavy atom. The molecule has 2 N–H and O–H groups in total. The van der Waals surface area contributed by atoms with Crippen LogP contribution >= 0.6 is 0 Å². The van der Waals surface area contributed by atoms with Gasteiger partial charge in [-0.25, -0.2) is 9.18 Å². The summed E-state index contributed by atoms with van der Waals surface area (Å²) in [5.41, 5.74) is 0.991. The zero-order valence-electron chi connectivity index (χ0n) is 10.6. The standard InChI is InChI=1S/C15H13FN2O2/c16-12-6-8-13(9-7-12)18-15(20)17-10-14(19)11-4-2-1-3-5-11/h1-9H,10H2,(H2,17,18,20). The number of Topliss-reactive ketones (excluding diaryl/α,β-unsaturated/α-hetero) is 1. The van der Waals surface area contributed by atoms with E-state index in [4.69, 9.17) is 0 Å². The Kier molecular flexibility index (Phi) is 4.44. The van der Waals surface area contributed by atoms with E-state index in [0.29, 0.717) is 11.3 Å². The summed E-state index contributed by atoms with van der Waals surface area (Å²) >= 11 is 0. The first-order chi connectivity index (χ1) is 9.65. The largest absolute Gasteiger partial charge is 0.330 e. The average Bonchev–Trinajstić information content (AvgIpc) is 2.48. The van der Waals surface area contributed by atoms with Crippen LogP contribution in [0.3, 0.4) is 0 Å². The number of halogens is 1. The average molecular weight is 272 g/mol. The molecule has 0 aliphatic heterocycles. The lowest BCUT2D eigenvalue weighted by Crippen LogP contribution is -2.33. The minimum atomic E-state index is -0.513. The zero-order valence-corrected chi connectivity index (χ0v) is 10.6. The van der Waals surface area contributed by atoms with E-state index in [9.17, 15) is 14.0 Å². The number of ketones is 1. The number of hydrogen-bond acceptors (Lipinski definition) is 2. The number of benzene rings is 2. The molecule has 0 fully saturated rings. The lowest BCUT2D eigenvalue weighted by atomic mass is 10.1. The van der Waals surface area contributed by atoms with Crippen molar-refractivity contribution in [2.45, 2.75) is 0 Å². The van der Waals surface area contributed by atoms with Gasteiger partial charge in [0.05, 0.1) is 6.54 Å². The van der Waals surface area contributed by atoms with Gasteiger partial charge in [-0.2, -0.15) is 0 Å². The van der Waals surface area contributed by atoms with Crippen LogP contribution in [0.2, 0.25) is 0 Å². The van der Waals surface area contributed by atoms with E-state index in [-0.39, 0.29) is 18.1 Å². The van der Waals surface area contributed by atoms with Gasteiger partial charge < -0.3 is 10.6 Å². The van der Waals surface area contributed by atoms with Crippen LogP contribution in [0.5, 0.6) is 0 Å². The SMILES string of the molecule is O=C(NCC(=O)c1ccccc1)Nc1ccc(F)cc1. The molecule has 2 amide bonds. The third kappa shape index (κ3) is 3.91. The highest BCUT2D eigenvalue weighted by molar-refractivity contribution is 6.00. The van der Waals surface area contributed by atoms with E-state index in [1.54, 1.807) is 24.3 Å². The molecule has 0 atom stereocenters. The van der Waals surface area contributed by atoms with Crippen LogP contribution in [0.4, 0.5) is 14.9 Å². The van der Waals surface area contributed by atoms with Crippen molar-refractivity contribution in [1.82, 2.24) is 5.32 Å². The van der Waals surface area contributed by atoms with Crippen LogP contribution < -0.4 is 10.6 Å². The van der Waals surface area contributed by atoms with E-state index in [2.05, 4.69) is 10.6 Å². The van der Waals surface area contributed by atoms with Crippen LogP contribution in [0, 0.1) is 5.82 Å². The zero-order chi connectivity index (χ0) is 14.4. The number of rotatable bonds is 4. The maximum atomic E-state index is 12.7. The Labute approximate surface area is 115 Å². The highest BCUT2D eigenvalue weighted by Crippen LogP contribution is 2.07. The van der Waals surface area contributed by atoms with E-state index < -0.39 is 6.03 Å². The van der Waals surface area contributed by atoms with Gasteiger partial charge in [-0.05, 0) is 24.3 Å². The van der Waals surface area contributed by atoms with Crippen molar-refractivity contribution in [1.29, 1.82) is 0 Å². The van der Waals surface area contributed by atoms with E-state index >= 15 is 0 Å². The summed E-state index contributed by atoms with van der Waals surface area (Å²) in [6.45, 7) is -0.100. The van der Waals surface area contributed by atoms with Crippen LogP contribution in [0.15, 0.2) is 54.6 Å². The first kappa shape index (κ1) is 13.7. The van der Waals surface area contributed by atoms with E-state index in [1.807, 2.05) is 6.07 Å². The van der Waals surface area contributed by atoms with E-state index in [0.717, 1.165) is 0 Å². The number of urea groups is 1. The molecule has 0 unspecified atom stereocenters. The molecular formula is C15H13FN2O2. The Hall–Kier alpha value is -2.69. The fourth-order valence-electron chi connectivity index (χ4n) is 1.60. The van der Waals surface area contributed by atoms with Crippen LogP contribution in [0.1, 0.15) is 10.4 Å². The second kappa shape index (κ2) is 6.47. The summed E-state index contributed by atoms with van der Waals surface area (Å²) in [6, 6.07) is 13.5. The minimum absolute atomic E-state index is 0.100. The highest BCUT2D eigenvalue weighted by atomic mass is 19.1. The molecule has 2 aromatic rings. The molecule has 0 saturated carbocycles. The van der Waals surface area contributed by atoms with Crippen molar-refractivity contribution >= 4 is 17.5 Å². The molecule has 0 aliphatic rings. The molecule has 102 valence electrons. The Morgan fingerprint density at radius 1 is 0.950 bits per heavy atom. The number of carbonyl (C=O) groups excluding carboxylic acids is 2.